The van der Waals surface area contributed by atoms with Crippen molar-refractivity contribution in [3.05, 3.63) is 59.4 Å². The lowest BCUT2D eigenvalue weighted by Gasteiger charge is -1.96. The predicted molar refractivity (Wildman–Crippen MR) is 74.2 cm³/mol. The molecule has 2 N–H and O–H groups in total. The summed E-state index contributed by atoms with van der Waals surface area (Å²) in [5.41, 5.74) is 8.25. The summed E-state index contributed by atoms with van der Waals surface area (Å²) >= 11 is 5.86. The molecule has 1 amide bonds. The van der Waals surface area contributed by atoms with E-state index in [0.29, 0.717) is 10.6 Å². The largest absolute Gasteiger partial charge is 0.366 e. The molecule has 4 nitrogen and oxygen atoms in total. The number of imidazole rings is 1. The van der Waals surface area contributed by atoms with Gasteiger partial charge in [-0.1, -0.05) is 23.7 Å². The SMILES string of the molecule is NC(=O)c1ccc2nc(-c3ccc(Cl)cc3)cn2c1. The van der Waals surface area contributed by atoms with Gasteiger partial charge in [0.1, 0.15) is 5.65 Å². The minimum absolute atomic E-state index is 0.451. The number of carbonyl (C=O) groups is 1. The lowest BCUT2D eigenvalue weighted by atomic mass is 10.2. The third-order valence-corrected chi connectivity index (χ3v) is 3.13. The first-order valence-electron chi connectivity index (χ1n) is 5.68. The van der Waals surface area contributed by atoms with Crippen LogP contribution in [0.25, 0.3) is 16.9 Å². The van der Waals surface area contributed by atoms with Crippen LogP contribution in [0.2, 0.25) is 5.02 Å². The molecule has 0 aliphatic carbocycles. The van der Waals surface area contributed by atoms with Gasteiger partial charge < -0.3 is 10.1 Å². The Morgan fingerprint density at radius 1 is 1.11 bits per heavy atom. The zero-order valence-corrected chi connectivity index (χ0v) is 10.6. The summed E-state index contributed by atoms with van der Waals surface area (Å²) in [7, 11) is 0. The van der Waals surface area contributed by atoms with Crippen molar-refractivity contribution in [2.75, 3.05) is 0 Å². The van der Waals surface area contributed by atoms with Crippen molar-refractivity contribution in [2.24, 2.45) is 5.73 Å². The molecule has 0 aliphatic rings. The molecular formula is C14H10ClN3O. The zero-order chi connectivity index (χ0) is 13.4. The molecule has 0 radical (unpaired) electrons. The van der Waals surface area contributed by atoms with Crippen molar-refractivity contribution in [2.45, 2.75) is 0 Å². The van der Waals surface area contributed by atoms with Gasteiger partial charge in [0.05, 0.1) is 11.3 Å². The van der Waals surface area contributed by atoms with Crippen LogP contribution in [-0.2, 0) is 0 Å². The molecule has 2 aromatic heterocycles. The molecule has 0 bridgehead atoms. The normalized spacial score (nSPS) is 10.8. The van der Waals surface area contributed by atoms with E-state index < -0.39 is 5.91 Å². The molecule has 0 fully saturated rings. The molecule has 19 heavy (non-hydrogen) atoms. The molecule has 0 aliphatic heterocycles. The minimum atomic E-state index is -0.455. The van der Waals surface area contributed by atoms with Crippen molar-refractivity contribution >= 4 is 23.2 Å². The second-order valence-electron chi connectivity index (χ2n) is 4.18. The van der Waals surface area contributed by atoms with Gasteiger partial charge >= 0.3 is 0 Å². The number of primary amides is 1. The molecule has 2 heterocycles. The first-order valence-corrected chi connectivity index (χ1v) is 6.06. The average Bonchev–Trinajstić information content (AvgIpc) is 2.82. The van der Waals surface area contributed by atoms with Crippen LogP contribution in [0.5, 0.6) is 0 Å². The Morgan fingerprint density at radius 3 is 2.53 bits per heavy atom. The third-order valence-electron chi connectivity index (χ3n) is 2.88. The highest BCUT2D eigenvalue weighted by molar-refractivity contribution is 6.30. The average molecular weight is 272 g/mol. The van der Waals surface area contributed by atoms with E-state index in [1.165, 1.54) is 0 Å². The fourth-order valence-corrected chi connectivity index (χ4v) is 2.02. The molecule has 0 spiro atoms. The molecule has 0 saturated carbocycles. The topological polar surface area (TPSA) is 60.4 Å². The number of nitrogens with two attached hydrogens (primary N) is 1. The monoisotopic (exact) mass is 271 g/mol. The number of nitrogens with zero attached hydrogens (tertiary/aromatic N) is 2. The van der Waals surface area contributed by atoms with Gasteiger partial charge in [0.15, 0.2) is 0 Å². The number of hydrogen-bond donors (Lipinski definition) is 1. The van der Waals surface area contributed by atoms with Crippen LogP contribution in [0.4, 0.5) is 0 Å². The van der Waals surface area contributed by atoms with Gasteiger partial charge in [-0.15, -0.1) is 0 Å². The van der Waals surface area contributed by atoms with Gasteiger partial charge in [0.25, 0.3) is 0 Å². The smallest absolute Gasteiger partial charge is 0.250 e. The second-order valence-corrected chi connectivity index (χ2v) is 4.62. The highest BCUT2D eigenvalue weighted by atomic mass is 35.5. The van der Waals surface area contributed by atoms with Crippen LogP contribution >= 0.6 is 11.6 Å². The van der Waals surface area contributed by atoms with Gasteiger partial charge in [-0.05, 0) is 24.3 Å². The van der Waals surface area contributed by atoms with E-state index in [1.807, 2.05) is 30.5 Å². The third kappa shape index (κ3) is 2.18. The van der Waals surface area contributed by atoms with E-state index >= 15 is 0 Å². The first kappa shape index (κ1) is 11.7. The summed E-state index contributed by atoms with van der Waals surface area (Å²) in [6, 6.07) is 10.9. The molecule has 3 rings (SSSR count). The van der Waals surface area contributed by atoms with Crippen molar-refractivity contribution in [3.63, 3.8) is 0 Å². The van der Waals surface area contributed by atoms with Crippen LogP contribution < -0.4 is 5.73 Å². The summed E-state index contributed by atoms with van der Waals surface area (Å²) in [4.78, 5) is 15.6. The molecule has 5 heteroatoms. The number of rotatable bonds is 2. The van der Waals surface area contributed by atoms with Crippen LogP contribution in [0.3, 0.4) is 0 Å². The van der Waals surface area contributed by atoms with Gasteiger partial charge in [0, 0.05) is 23.0 Å². The van der Waals surface area contributed by atoms with Crippen LogP contribution in [0.15, 0.2) is 48.8 Å². The first-order chi connectivity index (χ1) is 9.13. The molecule has 94 valence electrons. The highest BCUT2D eigenvalue weighted by Gasteiger charge is 2.06. The summed E-state index contributed by atoms with van der Waals surface area (Å²) < 4.78 is 1.78. The predicted octanol–water partition coefficient (Wildman–Crippen LogP) is 2.75. The number of pyridine rings is 1. The van der Waals surface area contributed by atoms with Gasteiger partial charge in [-0.3, -0.25) is 4.79 Å². The number of hydrogen-bond acceptors (Lipinski definition) is 2. The van der Waals surface area contributed by atoms with E-state index in [4.69, 9.17) is 17.3 Å². The molecule has 3 aromatic rings. The number of amides is 1. The Hall–Kier alpha value is -2.33. The Kier molecular flexibility index (Phi) is 2.72. The molecule has 0 saturated heterocycles. The minimum Gasteiger partial charge on any atom is -0.366 e. The van der Waals surface area contributed by atoms with Crippen molar-refractivity contribution in [1.82, 2.24) is 9.38 Å². The standard InChI is InChI=1S/C14H10ClN3O/c15-11-4-1-9(2-5-11)12-8-18-7-10(14(16)19)3-6-13(18)17-12/h1-8H,(H2,16,19). The zero-order valence-electron chi connectivity index (χ0n) is 9.88. The number of fused-ring (bicyclic) bond motifs is 1. The van der Waals surface area contributed by atoms with E-state index in [0.717, 1.165) is 16.9 Å². The summed E-state index contributed by atoms with van der Waals surface area (Å²) in [5.74, 6) is -0.455. The van der Waals surface area contributed by atoms with Crippen molar-refractivity contribution in [1.29, 1.82) is 0 Å². The Balaban J connectivity index is 2.11. The Bertz CT molecular complexity index is 762. The maximum absolute atomic E-state index is 11.1. The molecule has 0 atom stereocenters. The lowest BCUT2D eigenvalue weighted by Crippen LogP contribution is -2.11. The Morgan fingerprint density at radius 2 is 1.84 bits per heavy atom. The van der Waals surface area contributed by atoms with E-state index in [1.54, 1.807) is 22.7 Å². The van der Waals surface area contributed by atoms with E-state index in [9.17, 15) is 4.79 Å². The van der Waals surface area contributed by atoms with Crippen LogP contribution in [0.1, 0.15) is 10.4 Å². The number of benzene rings is 1. The quantitative estimate of drug-likeness (QED) is 0.779. The number of aromatic nitrogens is 2. The van der Waals surface area contributed by atoms with Crippen molar-refractivity contribution < 1.29 is 4.79 Å². The summed E-state index contributed by atoms with van der Waals surface area (Å²) in [5, 5.41) is 0.684. The number of halogens is 1. The fraction of sp³-hybridized carbons (Fsp3) is 0. The maximum Gasteiger partial charge on any atom is 0.250 e. The van der Waals surface area contributed by atoms with Crippen LogP contribution in [-0.4, -0.2) is 15.3 Å². The van der Waals surface area contributed by atoms with Gasteiger partial charge in [-0.25, -0.2) is 4.98 Å². The van der Waals surface area contributed by atoms with Gasteiger partial charge in [0.2, 0.25) is 5.91 Å². The van der Waals surface area contributed by atoms with Gasteiger partial charge in [-0.2, -0.15) is 0 Å². The number of carbonyl (C=O) groups excluding carboxylic acids is 1. The van der Waals surface area contributed by atoms with Crippen LogP contribution in [0, 0.1) is 0 Å². The van der Waals surface area contributed by atoms with E-state index in [-0.39, 0.29) is 0 Å². The molecular weight excluding hydrogens is 262 g/mol. The lowest BCUT2D eigenvalue weighted by molar-refractivity contribution is 0.1000. The summed E-state index contributed by atoms with van der Waals surface area (Å²) in [6.45, 7) is 0. The van der Waals surface area contributed by atoms with Crippen molar-refractivity contribution in [3.8, 4) is 11.3 Å². The molecule has 1 aromatic carbocycles. The van der Waals surface area contributed by atoms with E-state index in [2.05, 4.69) is 4.98 Å². The molecule has 0 unspecified atom stereocenters. The second kappa shape index (κ2) is 4.40. The maximum atomic E-state index is 11.1. The fourth-order valence-electron chi connectivity index (χ4n) is 1.90. The summed E-state index contributed by atoms with van der Waals surface area (Å²) in [6.07, 6.45) is 3.52. The highest BCUT2D eigenvalue weighted by Crippen LogP contribution is 2.21. The Labute approximate surface area is 114 Å².